The summed E-state index contributed by atoms with van der Waals surface area (Å²) in [6, 6.07) is 0. The van der Waals surface area contributed by atoms with Crippen LogP contribution in [0.3, 0.4) is 0 Å². The fourth-order valence-electron chi connectivity index (χ4n) is 1.80. The minimum Gasteiger partial charge on any atom is -0.381 e. The van der Waals surface area contributed by atoms with E-state index in [0.717, 1.165) is 31.4 Å². The molecule has 2 rings (SSSR count). The molecular formula is C10H16N2O. The standard InChI is InChI=1S/C10H16N2O/c1-9-6-12(8-11-9)7-10-2-4-13-5-3-10/h6,8,10H,2-5,7H2,1H3. The van der Waals surface area contributed by atoms with Crippen LogP contribution in [0, 0.1) is 12.8 Å². The average Bonchev–Trinajstić information content (AvgIpc) is 2.53. The smallest absolute Gasteiger partial charge is 0.0949 e. The van der Waals surface area contributed by atoms with Crippen LogP contribution in [0.15, 0.2) is 12.5 Å². The molecule has 13 heavy (non-hydrogen) atoms. The molecule has 0 aromatic carbocycles. The van der Waals surface area contributed by atoms with Gasteiger partial charge >= 0.3 is 0 Å². The van der Waals surface area contributed by atoms with Crippen molar-refractivity contribution in [3.8, 4) is 0 Å². The molecule has 72 valence electrons. The molecule has 0 atom stereocenters. The number of imidazole rings is 1. The number of aryl methyl sites for hydroxylation is 1. The monoisotopic (exact) mass is 180 g/mol. The summed E-state index contributed by atoms with van der Waals surface area (Å²) >= 11 is 0. The van der Waals surface area contributed by atoms with Gasteiger partial charge in [0.2, 0.25) is 0 Å². The largest absolute Gasteiger partial charge is 0.381 e. The maximum absolute atomic E-state index is 5.32. The van der Waals surface area contributed by atoms with E-state index in [-0.39, 0.29) is 0 Å². The summed E-state index contributed by atoms with van der Waals surface area (Å²) in [7, 11) is 0. The third kappa shape index (κ3) is 2.31. The first-order chi connectivity index (χ1) is 6.34. The molecule has 0 unspecified atom stereocenters. The summed E-state index contributed by atoms with van der Waals surface area (Å²) in [5, 5.41) is 0. The maximum atomic E-state index is 5.32. The second-order valence-corrected chi connectivity index (χ2v) is 3.77. The van der Waals surface area contributed by atoms with Crippen molar-refractivity contribution in [1.29, 1.82) is 0 Å². The summed E-state index contributed by atoms with van der Waals surface area (Å²) in [4.78, 5) is 4.21. The molecule has 1 aromatic rings. The summed E-state index contributed by atoms with van der Waals surface area (Å²) in [5.41, 5.74) is 1.10. The van der Waals surface area contributed by atoms with Gasteiger partial charge in [-0.1, -0.05) is 0 Å². The SMILES string of the molecule is Cc1cn(CC2CCOCC2)cn1. The van der Waals surface area contributed by atoms with Crippen LogP contribution in [0.4, 0.5) is 0 Å². The molecule has 0 N–H and O–H groups in total. The molecule has 1 aliphatic rings. The molecule has 1 saturated heterocycles. The van der Waals surface area contributed by atoms with Crippen LogP contribution in [0.1, 0.15) is 18.5 Å². The lowest BCUT2D eigenvalue weighted by molar-refractivity contribution is 0.0612. The van der Waals surface area contributed by atoms with Gasteiger partial charge < -0.3 is 9.30 Å². The number of hydrogen-bond acceptors (Lipinski definition) is 2. The van der Waals surface area contributed by atoms with Gasteiger partial charge in [-0.2, -0.15) is 0 Å². The third-order valence-corrected chi connectivity index (χ3v) is 2.57. The van der Waals surface area contributed by atoms with Crippen LogP contribution in [0.5, 0.6) is 0 Å². The van der Waals surface area contributed by atoms with Crippen LogP contribution in [-0.4, -0.2) is 22.8 Å². The first kappa shape index (κ1) is 8.75. The second-order valence-electron chi connectivity index (χ2n) is 3.77. The lowest BCUT2D eigenvalue weighted by Crippen LogP contribution is -2.19. The van der Waals surface area contributed by atoms with Crippen molar-refractivity contribution >= 4 is 0 Å². The molecule has 1 aliphatic heterocycles. The van der Waals surface area contributed by atoms with Crippen molar-refractivity contribution in [3.05, 3.63) is 18.2 Å². The van der Waals surface area contributed by atoms with Crippen LogP contribution < -0.4 is 0 Å². The lowest BCUT2D eigenvalue weighted by atomic mass is 10.0. The van der Waals surface area contributed by atoms with Gasteiger partial charge in [0.25, 0.3) is 0 Å². The van der Waals surface area contributed by atoms with Crippen LogP contribution >= 0.6 is 0 Å². The predicted molar refractivity (Wildman–Crippen MR) is 50.5 cm³/mol. The molecule has 0 aliphatic carbocycles. The summed E-state index contributed by atoms with van der Waals surface area (Å²) in [5.74, 6) is 0.780. The first-order valence-corrected chi connectivity index (χ1v) is 4.91. The van der Waals surface area contributed by atoms with Gasteiger partial charge in [0.15, 0.2) is 0 Å². The van der Waals surface area contributed by atoms with Crippen molar-refractivity contribution in [3.63, 3.8) is 0 Å². The van der Waals surface area contributed by atoms with E-state index in [2.05, 4.69) is 15.7 Å². The minimum atomic E-state index is 0.780. The zero-order chi connectivity index (χ0) is 9.10. The van der Waals surface area contributed by atoms with E-state index in [4.69, 9.17) is 4.74 Å². The Morgan fingerprint density at radius 1 is 1.54 bits per heavy atom. The third-order valence-electron chi connectivity index (χ3n) is 2.57. The Hall–Kier alpha value is -0.830. The topological polar surface area (TPSA) is 27.1 Å². The van der Waals surface area contributed by atoms with E-state index >= 15 is 0 Å². The van der Waals surface area contributed by atoms with Gasteiger partial charge in [-0.05, 0) is 25.7 Å². The molecule has 0 bridgehead atoms. The zero-order valence-corrected chi connectivity index (χ0v) is 8.07. The molecule has 0 radical (unpaired) electrons. The van der Waals surface area contributed by atoms with Crippen LogP contribution in [0.2, 0.25) is 0 Å². The van der Waals surface area contributed by atoms with E-state index in [1.54, 1.807) is 0 Å². The fraction of sp³-hybridized carbons (Fsp3) is 0.700. The van der Waals surface area contributed by atoms with E-state index in [9.17, 15) is 0 Å². The quantitative estimate of drug-likeness (QED) is 0.691. The highest BCUT2D eigenvalue weighted by Crippen LogP contribution is 2.16. The molecule has 0 saturated carbocycles. The Morgan fingerprint density at radius 2 is 2.31 bits per heavy atom. The maximum Gasteiger partial charge on any atom is 0.0949 e. The van der Waals surface area contributed by atoms with Gasteiger partial charge in [0.05, 0.1) is 12.0 Å². The molecule has 3 heteroatoms. The van der Waals surface area contributed by atoms with Crippen molar-refractivity contribution in [2.45, 2.75) is 26.3 Å². The van der Waals surface area contributed by atoms with E-state index in [0.29, 0.717) is 0 Å². The van der Waals surface area contributed by atoms with Gasteiger partial charge in [-0.15, -0.1) is 0 Å². The summed E-state index contributed by atoms with van der Waals surface area (Å²) in [6.07, 6.45) is 6.41. The lowest BCUT2D eigenvalue weighted by Gasteiger charge is -2.21. The van der Waals surface area contributed by atoms with Crippen molar-refractivity contribution in [2.75, 3.05) is 13.2 Å². The fourth-order valence-corrected chi connectivity index (χ4v) is 1.80. The highest BCUT2D eigenvalue weighted by molar-refractivity contribution is 4.92. The molecule has 3 nitrogen and oxygen atoms in total. The van der Waals surface area contributed by atoms with E-state index in [1.807, 2.05) is 13.3 Å². The predicted octanol–water partition coefficient (Wildman–Crippen LogP) is 1.62. The van der Waals surface area contributed by atoms with Gasteiger partial charge in [0.1, 0.15) is 0 Å². The Kier molecular flexibility index (Phi) is 2.64. The second kappa shape index (κ2) is 3.92. The normalized spacial score (nSPS) is 19.2. The van der Waals surface area contributed by atoms with Crippen molar-refractivity contribution < 1.29 is 4.74 Å². The highest BCUT2D eigenvalue weighted by Gasteiger charge is 2.13. The number of aromatic nitrogens is 2. The van der Waals surface area contributed by atoms with Crippen molar-refractivity contribution in [1.82, 2.24) is 9.55 Å². The Balaban J connectivity index is 1.89. The first-order valence-electron chi connectivity index (χ1n) is 4.91. The Morgan fingerprint density at radius 3 is 2.92 bits per heavy atom. The summed E-state index contributed by atoms with van der Waals surface area (Å²) in [6.45, 7) is 4.99. The molecule has 0 spiro atoms. The number of hydrogen-bond donors (Lipinski definition) is 0. The number of rotatable bonds is 2. The minimum absolute atomic E-state index is 0.780. The Labute approximate surface area is 78.7 Å². The summed E-state index contributed by atoms with van der Waals surface area (Å²) < 4.78 is 7.50. The average molecular weight is 180 g/mol. The molecule has 0 amide bonds. The molecular weight excluding hydrogens is 164 g/mol. The van der Waals surface area contributed by atoms with Crippen LogP contribution in [-0.2, 0) is 11.3 Å². The molecule has 1 aromatic heterocycles. The number of nitrogens with zero attached hydrogens (tertiary/aromatic N) is 2. The molecule has 2 heterocycles. The van der Waals surface area contributed by atoms with Crippen molar-refractivity contribution in [2.24, 2.45) is 5.92 Å². The van der Waals surface area contributed by atoms with Crippen LogP contribution in [0.25, 0.3) is 0 Å². The van der Waals surface area contributed by atoms with Gasteiger partial charge in [-0.3, -0.25) is 0 Å². The van der Waals surface area contributed by atoms with Gasteiger partial charge in [-0.25, -0.2) is 4.98 Å². The van der Waals surface area contributed by atoms with E-state index in [1.165, 1.54) is 12.8 Å². The Bertz CT molecular complexity index is 264. The molecule has 1 fully saturated rings. The van der Waals surface area contributed by atoms with E-state index < -0.39 is 0 Å². The zero-order valence-electron chi connectivity index (χ0n) is 8.07. The highest BCUT2D eigenvalue weighted by atomic mass is 16.5. The number of ether oxygens (including phenoxy) is 1. The van der Waals surface area contributed by atoms with Gasteiger partial charge in [0, 0.05) is 26.0 Å².